The van der Waals surface area contributed by atoms with Crippen LogP contribution in [-0.2, 0) is 4.74 Å². The number of hydrogen-bond acceptors (Lipinski definition) is 3. The van der Waals surface area contributed by atoms with Gasteiger partial charge in [-0.2, -0.15) is 0 Å². The molecule has 1 unspecified atom stereocenters. The average Bonchev–Trinajstić information content (AvgIpc) is 2.01. The van der Waals surface area contributed by atoms with Gasteiger partial charge in [-0.05, 0) is 19.3 Å². The van der Waals surface area contributed by atoms with Crippen LogP contribution >= 0.6 is 0 Å². The molecule has 0 aromatic carbocycles. The van der Waals surface area contributed by atoms with E-state index in [0.717, 1.165) is 26.1 Å². The Kier molecular flexibility index (Phi) is 3.83. The first-order valence-electron chi connectivity index (χ1n) is 4.44. The molecule has 0 spiro atoms. The molecular weight excluding hydrogens is 140 g/mol. The van der Waals surface area contributed by atoms with Crippen LogP contribution in [0.15, 0.2) is 0 Å². The molecule has 1 aliphatic rings. The number of nitrogens with zero attached hydrogens (tertiary/aromatic N) is 1. The summed E-state index contributed by atoms with van der Waals surface area (Å²) < 4.78 is 5.58. The third-order valence-corrected chi connectivity index (χ3v) is 1.97. The van der Waals surface area contributed by atoms with Crippen LogP contribution in [0.5, 0.6) is 0 Å². The maximum Gasteiger partial charge on any atom is 0.0716 e. The molecule has 0 aromatic rings. The van der Waals surface area contributed by atoms with E-state index in [9.17, 15) is 0 Å². The van der Waals surface area contributed by atoms with Gasteiger partial charge in [-0.25, -0.2) is 5.01 Å². The number of ether oxygens (including phenoxy) is 1. The van der Waals surface area contributed by atoms with E-state index in [1.165, 1.54) is 12.8 Å². The van der Waals surface area contributed by atoms with Crippen molar-refractivity contribution in [3.63, 3.8) is 0 Å². The lowest BCUT2D eigenvalue weighted by molar-refractivity contribution is -0.000198. The van der Waals surface area contributed by atoms with Gasteiger partial charge in [-0.3, -0.25) is 5.84 Å². The lowest BCUT2D eigenvalue weighted by Crippen LogP contribution is -2.43. The third kappa shape index (κ3) is 3.18. The van der Waals surface area contributed by atoms with Crippen molar-refractivity contribution in [2.75, 3.05) is 19.7 Å². The lowest BCUT2D eigenvalue weighted by Gasteiger charge is -2.28. The number of hydrogen-bond donors (Lipinski definition) is 1. The molecule has 1 heterocycles. The molecule has 0 radical (unpaired) electrons. The fourth-order valence-corrected chi connectivity index (χ4v) is 1.39. The summed E-state index contributed by atoms with van der Waals surface area (Å²) in [5.41, 5.74) is 0. The van der Waals surface area contributed by atoms with Crippen molar-refractivity contribution >= 4 is 0 Å². The van der Waals surface area contributed by atoms with Crippen molar-refractivity contribution in [2.45, 2.75) is 32.3 Å². The second-order valence-corrected chi connectivity index (χ2v) is 3.13. The van der Waals surface area contributed by atoms with E-state index < -0.39 is 0 Å². The summed E-state index contributed by atoms with van der Waals surface area (Å²) in [6.45, 7) is 4.92. The van der Waals surface area contributed by atoms with Gasteiger partial charge in [0.25, 0.3) is 0 Å². The van der Waals surface area contributed by atoms with Crippen LogP contribution in [0.3, 0.4) is 0 Å². The minimum absolute atomic E-state index is 0.383. The minimum Gasteiger partial charge on any atom is -0.377 e. The van der Waals surface area contributed by atoms with Crippen molar-refractivity contribution in [1.82, 2.24) is 5.01 Å². The molecule has 2 N–H and O–H groups in total. The zero-order chi connectivity index (χ0) is 8.10. The quantitative estimate of drug-likeness (QED) is 0.616. The predicted molar refractivity (Wildman–Crippen MR) is 45.0 cm³/mol. The van der Waals surface area contributed by atoms with Crippen LogP contribution in [0.4, 0.5) is 0 Å². The fraction of sp³-hybridized carbons (Fsp3) is 1.00. The number of rotatable bonds is 3. The summed E-state index contributed by atoms with van der Waals surface area (Å²) in [6.07, 6.45) is 3.83. The number of piperidine rings is 1. The Hall–Kier alpha value is -0.120. The molecule has 1 atom stereocenters. The van der Waals surface area contributed by atoms with E-state index in [4.69, 9.17) is 10.6 Å². The van der Waals surface area contributed by atoms with Crippen molar-refractivity contribution in [2.24, 2.45) is 5.84 Å². The molecule has 0 amide bonds. The van der Waals surface area contributed by atoms with Gasteiger partial charge < -0.3 is 4.74 Å². The van der Waals surface area contributed by atoms with E-state index in [2.05, 4.69) is 6.92 Å². The maximum atomic E-state index is 5.65. The van der Waals surface area contributed by atoms with Gasteiger partial charge in [0, 0.05) is 19.7 Å². The summed E-state index contributed by atoms with van der Waals surface area (Å²) in [4.78, 5) is 0. The smallest absolute Gasteiger partial charge is 0.0716 e. The minimum atomic E-state index is 0.383. The second kappa shape index (κ2) is 4.70. The highest BCUT2D eigenvalue weighted by molar-refractivity contribution is 4.68. The van der Waals surface area contributed by atoms with Crippen LogP contribution in [-0.4, -0.2) is 30.8 Å². The summed E-state index contributed by atoms with van der Waals surface area (Å²) in [6, 6.07) is 0. The van der Waals surface area contributed by atoms with Crippen molar-refractivity contribution in [3.05, 3.63) is 0 Å². The molecule has 0 bridgehead atoms. The Morgan fingerprint density at radius 3 is 3.09 bits per heavy atom. The van der Waals surface area contributed by atoms with E-state index in [0.29, 0.717) is 6.10 Å². The summed E-state index contributed by atoms with van der Waals surface area (Å²) in [7, 11) is 0. The van der Waals surface area contributed by atoms with E-state index in [-0.39, 0.29) is 0 Å². The molecular formula is C8H18N2O. The lowest BCUT2D eigenvalue weighted by atomic mass is 10.1. The zero-order valence-corrected chi connectivity index (χ0v) is 7.25. The van der Waals surface area contributed by atoms with Gasteiger partial charge in [0.1, 0.15) is 0 Å². The topological polar surface area (TPSA) is 38.5 Å². The predicted octanol–water partition coefficient (Wildman–Crippen LogP) is 0.751. The molecule has 1 rings (SSSR count). The SMILES string of the molecule is CCCOC1CCCN(N)C1. The highest BCUT2D eigenvalue weighted by atomic mass is 16.5. The molecule has 1 aliphatic heterocycles. The first-order chi connectivity index (χ1) is 5.33. The zero-order valence-electron chi connectivity index (χ0n) is 7.25. The van der Waals surface area contributed by atoms with Gasteiger partial charge in [0.2, 0.25) is 0 Å². The largest absolute Gasteiger partial charge is 0.377 e. The normalized spacial score (nSPS) is 27.3. The monoisotopic (exact) mass is 158 g/mol. The Morgan fingerprint density at radius 2 is 2.45 bits per heavy atom. The molecule has 1 fully saturated rings. The van der Waals surface area contributed by atoms with Crippen LogP contribution in [0, 0.1) is 0 Å². The van der Waals surface area contributed by atoms with Gasteiger partial charge in [0.15, 0.2) is 0 Å². The van der Waals surface area contributed by atoms with Gasteiger partial charge in [0.05, 0.1) is 6.10 Å². The molecule has 11 heavy (non-hydrogen) atoms. The van der Waals surface area contributed by atoms with Gasteiger partial charge in [-0.15, -0.1) is 0 Å². The summed E-state index contributed by atoms with van der Waals surface area (Å²) in [5.74, 6) is 5.65. The van der Waals surface area contributed by atoms with Crippen molar-refractivity contribution in [1.29, 1.82) is 0 Å². The summed E-state index contributed by atoms with van der Waals surface area (Å²) in [5, 5.41) is 1.85. The van der Waals surface area contributed by atoms with Crippen LogP contribution in [0.1, 0.15) is 26.2 Å². The first kappa shape index (κ1) is 8.97. The van der Waals surface area contributed by atoms with Gasteiger partial charge in [-0.1, -0.05) is 6.92 Å². The molecule has 1 saturated heterocycles. The van der Waals surface area contributed by atoms with Crippen LogP contribution < -0.4 is 5.84 Å². The fourth-order valence-electron chi connectivity index (χ4n) is 1.39. The number of nitrogens with two attached hydrogens (primary N) is 1. The van der Waals surface area contributed by atoms with Crippen molar-refractivity contribution < 1.29 is 4.74 Å². The molecule has 0 aliphatic carbocycles. The van der Waals surface area contributed by atoms with Crippen LogP contribution in [0.2, 0.25) is 0 Å². The highest BCUT2D eigenvalue weighted by Crippen LogP contribution is 2.10. The number of hydrazine groups is 1. The Labute approximate surface area is 68.5 Å². The van der Waals surface area contributed by atoms with Gasteiger partial charge >= 0.3 is 0 Å². The van der Waals surface area contributed by atoms with Crippen molar-refractivity contribution in [3.8, 4) is 0 Å². The average molecular weight is 158 g/mol. The third-order valence-electron chi connectivity index (χ3n) is 1.97. The molecule has 0 aromatic heterocycles. The maximum absolute atomic E-state index is 5.65. The molecule has 3 nitrogen and oxygen atoms in total. The van der Waals surface area contributed by atoms with E-state index >= 15 is 0 Å². The molecule has 3 heteroatoms. The standard InChI is InChI=1S/C8H18N2O/c1-2-6-11-8-4-3-5-10(9)7-8/h8H,2-7,9H2,1H3. The van der Waals surface area contributed by atoms with E-state index in [1.807, 2.05) is 5.01 Å². The first-order valence-corrected chi connectivity index (χ1v) is 4.44. The Balaban J connectivity index is 2.12. The van der Waals surface area contributed by atoms with Crippen LogP contribution in [0.25, 0.3) is 0 Å². The second-order valence-electron chi connectivity index (χ2n) is 3.13. The Morgan fingerprint density at radius 1 is 1.64 bits per heavy atom. The Bertz CT molecular complexity index is 108. The summed E-state index contributed by atoms with van der Waals surface area (Å²) >= 11 is 0. The molecule has 0 saturated carbocycles. The highest BCUT2D eigenvalue weighted by Gasteiger charge is 2.16. The van der Waals surface area contributed by atoms with E-state index in [1.54, 1.807) is 0 Å². The molecule has 66 valence electrons.